The zero-order valence-corrected chi connectivity index (χ0v) is 11.6. The fourth-order valence-electron chi connectivity index (χ4n) is 2.51. The standard InChI is InChI=1S/C14H17NO3S/c1-19-12-8-3-2-5-10(12)13(16)15-11-7-4-6-9(11)14(17)18/h2-3,5,8-9,11H,4,6-7H2,1H3,(H,15,16)(H,17,18)/t9-,11+/m0/s1. The van der Waals surface area contributed by atoms with Gasteiger partial charge in [-0.25, -0.2) is 0 Å². The largest absolute Gasteiger partial charge is 0.481 e. The Bertz CT molecular complexity index is 489. The number of carboxylic acid groups (broad SMARTS) is 1. The van der Waals surface area contributed by atoms with E-state index in [1.54, 1.807) is 6.07 Å². The highest BCUT2D eigenvalue weighted by molar-refractivity contribution is 7.98. The lowest BCUT2D eigenvalue weighted by Crippen LogP contribution is -2.40. The van der Waals surface area contributed by atoms with E-state index >= 15 is 0 Å². The Morgan fingerprint density at radius 1 is 1.32 bits per heavy atom. The lowest BCUT2D eigenvalue weighted by atomic mass is 10.0. The molecule has 0 aromatic heterocycles. The number of rotatable bonds is 4. The van der Waals surface area contributed by atoms with Crippen LogP contribution in [0.25, 0.3) is 0 Å². The van der Waals surface area contributed by atoms with Gasteiger partial charge in [0.1, 0.15) is 0 Å². The van der Waals surface area contributed by atoms with Crippen molar-refractivity contribution >= 4 is 23.6 Å². The van der Waals surface area contributed by atoms with Crippen molar-refractivity contribution in [2.45, 2.75) is 30.2 Å². The van der Waals surface area contributed by atoms with Crippen molar-refractivity contribution in [3.63, 3.8) is 0 Å². The normalized spacial score (nSPS) is 22.2. The summed E-state index contributed by atoms with van der Waals surface area (Å²) in [5.41, 5.74) is 0.617. The van der Waals surface area contributed by atoms with E-state index < -0.39 is 11.9 Å². The summed E-state index contributed by atoms with van der Waals surface area (Å²) < 4.78 is 0. The first kappa shape index (κ1) is 13.9. The molecule has 19 heavy (non-hydrogen) atoms. The van der Waals surface area contributed by atoms with Gasteiger partial charge in [0.2, 0.25) is 0 Å². The van der Waals surface area contributed by atoms with Crippen LogP contribution in [0.1, 0.15) is 29.6 Å². The van der Waals surface area contributed by atoms with Crippen molar-refractivity contribution in [2.75, 3.05) is 6.26 Å². The third-order valence-corrected chi connectivity index (χ3v) is 4.30. The number of benzene rings is 1. The number of amides is 1. The molecule has 0 bridgehead atoms. The molecular formula is C14H17NO3S. The first-order chi connectivity index (χ1) is 9.13. The smallest absolute Gasteiger partial charge is 0.308 e. The van der Waals surface area contributed by atoms with Crippen LogP contribution in [0.2, 0.25) is 0 Å². The average molecular weight is 279 g/mol. The topological polar surface area (TPSA) is 66.4 Å². The Labute approximate surface area is 116 Å². The van der Waals surface area contributed by atoms with Gasteiger partial charge in [-0.05, 0) is 31.2 Å². The Morgan fingerprint density at radius 3 is 2.74 bits per heavy atom. The molecule has 0 unspecified atom stereocenters. The first-order valence-corrected chi connectivity index (χ1v) is 7.52. The third-order valence-electron chi connectivity index (χ3n) is 3.50. The molecule has 1 aromatic carbocycles. The molecule has 1 aliphatic carbocycles. The van der Waals surface area contributed by atoms with Gasteiger partial charge >= 0.3 is 5.97 Å². The van der Waals surface area contributed by atoms with E-state index in [4.69, 9.17) is 5.11 Å². The molecular weight excluding hydrogens is 262 g/mol. The number of aliphatic carboxylic acids is 1. The zero-order chi connectivity index (χ0) is 13.8. The maximum Gasteiger partial charge on any atom is 0.308 e. The monoisotopic (exact) mass is 279 g/mol. The molecule has 102 valence electrons. The maximum absolute atomic E-state index is 12.2. The predicted octanol–water partition coefficient (Wildman–Crippen LogP) is 2.39. The van der Waals surface area contributed by atoms with Crippen LogP contribution in [0.4, 0.5) is 0 Å². The lowest BCUT2D eigenvalue weighted by molar-refractivity contribution is -0.142. The number of thioether (sulfide) groups is 1. The van der Waals surface area contributed by atoms with Crippen LogP contribution < -0.4 is 5.32 Å². The van der Waals surface area contributed by atoms with Gasteiger partial charge in [-0.2, -0.15) is 0 Å². The summed E-state index contributed by atoms with van der Waals surface area (Å²) in [6, 6.07) is 7.12. The molecule has 2 rings (SSSR count). The van der Waals surface area contributed by atoms with Crippen molar-refractivity contribution in [3.8, 4) is 0 Å². The van der Waals surface area contributed by atoms with E-state index in [9.17, 15) is 9.59 Å². The van der Waals surface area contributed by atoms with Gasteiger partial charge in [0.25, 0.3) is 5.91 Å². The highest BCUT2D eigenvalue weighted by atomic mass is 32.2. The van der Waals surface area contributed by atoms with Gasteiger partial charge < -0.3 is 10.4 Å². The number of hydrogen-bond donors (Lipinski definition) is 2. The summed E-state index contributed by atoms with van der Waals surface area (Å²) in [4.78, 5) is 24.2. The van der Waals surface area contributed by atoms with Crippen LogP contribution in [-0.2, 0) is 4.79 Å². The SMILES string of the molecule is CSc1ccccc1C(=O)N[C@@H]1CCC[C@@H]1C(=O)O. The summed E-state index contributed by atoms with van der Waals surface area (Å²) in [7, 11) is 0. The fourth-order valence-corrected chi connectivity index (χ4v) is 3.10. The van der Waals surface area contributed by atoms with Crippen molar-refractivity contribution < 1.29 is 14.7 Å². The van der Waals surface area contributed by atoms with E-state index in [1.807, 2.05) is 24.5 Å². The van der Waals surface area contributed by atoms with Gasteiger partial charge in [0.05, 0.1) is 11.5 Å². The van der Waals surface area contributed by atoms with E-state index in [0.29, 0.717) is 12.0 Å². The molecule has 0 spiro atoms. The van der Waals surface area contributed by atoms with Crippen LogP contribution in [-0.4, -0.2) is 29.3 Å². The predicted molar refractivity (Wildman–Crippen MR) is 74.5 cm³/mol. The van der Waals surface area contributed by atoms with Crippen LogP contribution in [0.3, 0.4) is 0 Å². The minimum Gasteiger partial charge on any atom is -0.481 e. The fraction of sp³-hybridized carbons (Fsp3) is 0.429. The van der Waals surface area contributed by atoms with E-state index in [1.165, 1.54) is 11.8 Å². The number of carbonyl (C=O) groups excluding carboxylic acids is 1. The van der Waals surface area contributed by atoms with Crippen LogP contribution in [0.15, 0.2) is 29.2 Å². The number of nitrogens with one attached hydrogen (secondary N) is 1. The molecule has 4 nitrogen and oxygen atoms in total. The minimum absolute atomic E-state index is 0.178. The van der Waals surface area contributed by atoms with Gasteiger partial charge in [0.15, 0.2) is 0 Å². The summed E-state index contributed by atoms with van der Waals surface area (Å²) in [5.74, 6) is -1.45. The molecule has 1 saturated carbocycles. The summed E-state index contributed by atoms with van der Waals surface area (Å²) in [6.45, 7) is 0. The second-order valence-electron chi connectivity index (χ2n) is 4.66. The lowest BCUT2D eigenvalue weighted by Gasteiger charge is -2.18. The second-order valence-corrected chi connectivity index (χ2v) is 5.50. The number of carbonyl (C=O) groups is 2. The van der Waals surface area contributed by atoms with Crippen LogP contribution >= 0.6 is 11.8 Å². The number of hydrogen-bond acceptors (Lipinski definition) is 3. The molecule has 2 atom stereocenters. The molecule has 0 saturated heterocycles. The average Bonchev–Trinajstić information content (AvgIpc) is 2.87. The Kier molecular flexibility index (Phi) is 4.47. The highest BCUT2D eigenvalue weighted by Gasteiger charge is 2.34. The zero-order valence-electron chi connectivity index (χ0n) is 10.8. The summed E-state index contributed by atoms with van der Waals surface area (Å²) in [6.07, 6.45) is 4.16. The van der Waals surface area contributed by atoms with Gasteiger partial charge in [-0.15, -0.1) is 11.8 Å². The van der Waals surface area contributed by atoms with Crippen molar-refractivity contribution in [3.05, 3.63) is 29.8 Å². The minimum atomic E-state index is -0.819. The van der Waals surface area contributed by atoms with Crippen molar-refractivity contribution in [2.24, 2.45) is 5.92 Å². The maximum atomic E-state index is 12.2. The van der Waals surface area contributed by atoms with Gasteiger partial charge in [-0.1, -0.05) is 18.6 Å². The Balaban J connectivity index is 2.10. The first-order valence-electron chi connectivity index (χ1n) is 6.30. The van der Waals surface area contributed by atoms with Crippen molar-refractivity contribution in [1.82, 2.24) is 5.32 Å². The molecule has 1 aromatic rings. The van der Waals surface area contributed by atoms with E-state index in [0.717, 1.165) is 17.7 Å². The molecule has 1 aliphatic rings. The molecule has 0 aliphatic heterocycles. The van der Waals surface area contributed by atoms with Crippen LogP contribution in [0, 0.1) is 5.92 Å². The molecule has 2 N–H and O–H groups in total. The van der Waals surface area contributed by atoms with Crippen LogP contribution in [0.5, 0.6) is 0 Å². The van der Waals surface area contributed by atoms with Gasteiger partial charge in [0, 0.05) is 10.9 Å². The van der Waals surface area contributed by atoms with E-state index in [-0.39, 0.29) is 11.9 Å². The number of carboxylic acids is 1. The molecule has 1 fully saturated rings. The third kappa shape index (κ3) is 3.10. The second kappa shape index (κ2) is 6.10. The summed E-state index contributed by atoms with van der Waals surface area (Å²) in [5, 5.41) is 12.0. The molecule has 0 heterocycles. The Morgan fingerprint density at radius 2 is 2.05 bits per heavy atom. The molecule has 0 radical (unpaired) electrons. The summed E-state index contributed by atoms with van der Waals surface area (Å²) >= 11 is 1.51. The van der Waals surface area contributed by atoms with Crippen molar-refractivity contribution in [1.29, 1.82) is 0 Å². The van der Waals surface area contributed by atoms with Gasteiger partial charge in [-0.3, -0.25) is 9.59 Å². The molecule has 5 heteroatoms. The quantitative estimate of drug-likeness (QED) is 0.831. The Hall–Kier alpha value is -1.49. The molecule has 1 amide bonds. The van der Waals surface area contributed by atoms with E-state index in [2.05, 4.69) is 5.32 Å². The highest BCUT2D eigenvalue weighted by Crippen LogP contribution is 2.27.